The molecule has 3 heteroatoms. The van der Waals surface area contributed by atoms with E-state index in [0.717, 1.165) is 32.1 Å². The second-order valence-electron chi connectivity index (χ2n) is 12.6. The van der Waals surface area contributed by atoms with Crippen molar-refractivity contribution in [2.45, 2.75) is 111 Å². The van der Waals surface area contributed by atoms with Gasteiger partial charge >= 0.3 is 0 Å². The second-order valence-corrected chi connectivity index (χ2v) is 12.6. The SMILES string of the molecule is CC(C)[C@H](O)CC[C@@H](C)[C@H]1CCC2C3C(O)C[C@H]4CC(=O)CC[C@]4(C)C3CC[C@@]21C. The smallest absolute Gasteiger partial charge is 0.133 e. The Labute approximate surface area is 184 Å². The zero-order chi connectivity index (χ0) is 21.8. The molecule has 0 amide bonds. The van der Waals surface area contributed by atoms with Crippen LogP contribution in [-0.4, -0.2) is 28.2 Å². The summed E-state index contributed by atoms with van der Waals surface area (Å²) in [6.45, 7) is 11.6. The molecule has 4 saturated carbocycles. The lowest BCUT2D eigenvalue weighted by Gasteiger charge is -2.62. The third-order valence-electron chi connectivity index (χ3n) is 10.9. The van der Waals surface area contributed by atoms with Crippen LogP contribution < -0.4 is 0 Å². The fourth-order valence-corrected chi connectivity index (χ4v) is 8.96. The number of carbonyl (C=O) groups excluding carboxylic acids is 1. The van der Waals surface area contributed by atoms with Crippen LogP contribution in [0.25, 0.3) is 0 Å². The maximum Gasteiger partial charge on any atom is 0.133 e. The van der Waals surface area contributed by atoms with E-state index in [1.165, 1.54) is 25.7 Å². The van der Waals surface area contributed by atoms with E-state index in [0.29, 0.717) is 59.0 Å². The summed E-state index contributed by atoms with van der Waals surface area (Å²) in [4.78, 5) is 12.1. The van der Waals surface area contributed by atoms with E-state index in [-0.39, 0.29) is 17.6 Å². The molecule has 4 unspecified atom stereocenters. The molecule has 0 aromatic carbocycles. The number of fused-ring (bicyclic) bond motifs is 5. The molecule has 0 bridgehead atoms. The summed E-state index contributed by atoms with van der Waals surface area (Å²) in [6.07, 6.45) is 10.0. The molecule has 10 atom stereocenters. The number of Topliss-reactive ketones (excluding diaryl/α,β-unsaturated/α-hetero) is 1. The van der Waals surface area contributed by atoms with Crippen LogP contribution in [0.4, 0.5) is 0 Å². The minimum Gasteiger partial charge on any atom is -0.393 e. The molecule has 0 aromatic heterocycles. The summed E-state index contributed by atoms with van der Waals surface area (Å²) >= 11 is 0. The molecule has 0 aliphatic heterocycles. The van der Waals surface area contributed by atoms with Gasteiger partial charge in [-0.15, -0.1) is 0 Å². The van der Waals surface area contributed by atoms with Gasteiger partial charge in [-0.25, -0.2) is 0 Å². The Morgan fingerprint density at radius 3 is 2.40 bits per heavy atom. The highest BCUT2D eigenvalue weighted by Crippen LogP contribution is 2.68. The fraction of sp³-hybridized carbons (Fsp3) is 0.963. The lowest BCUT2D eigenvalue weighted by atomic mass is 9.44. The minimum absolute atomic E-state index is 0.181. The number of hydrogen-bond donors (Lipinski definition) is 2. The van der Waals surface area contributed by atoms with Crippen LogP contribution in [0.3, 0.4) is 0 Å². The molecule has 4 rings (SSSR count). The van der Waals surface area contributed by atoms with Crippen molar-refractivity contribution >= 4 is 5.78 Å². The summed E-state index contributed by atoms with van der Waals surface area (Å²) in [7, 11) is 0. The monoisotopic (exact) mass is 418 g/mol. The zero-order valence-electron chi connectivity index (χ0n) is 20.1. The van der Waals surface area contributed by atoms with Crippen LogP contribution in [0.2, 0.25) is 0 Å². The van der Waals surface area contributed by atoms with E-state index in [9.17, 15) is 15.0 Å². The van der Waals surface area contributed by atoms with Gasteiger partial charge in [0.2, 0.25) is 0 Å². The zero-order valence-corrected chi connectivity index (χ0v) is 20.1. The van der Waals surface area contributed by atoms with Gasteiger partial charge < -0.3 is 10.2 Å². The molecule has 4 fully saturated rings. The van der Waals surface area contributed by atoms with Crippen molar-refractivity contribution in [3.63, 3.8) is 0 Å². The van der Waals surface area contributed by atoms with E-state index in [2.05, 4.69) is 34.6 Å². The number of rotatable bonds is 5. The highest BCUT2D eigenvalue weighted by atomic mass is 16.3. The third-order valence-corrected chi connectivity index (χ3v) is 10.9. The Morgan fingerprint density at radius 2 is 1.70 bits per heavy atom. The predicted octanol–water partition coefficient (Wildman–Crippen LogP) is 5.62. The summed E-state index contributed by atoms with van der Waals surface area (Å²) in [6, 6.07) is 0. The number of aliphatic hydroxyl groups excluding tert-OH is 2. The number of aliphatic hydroxyl groups is 2. The minimum atomic E-state index is -0.222. The molecule has 4 aliphatic carbocycles. The molecule has 0 aromatic rings. The fourth-order valence-electron chi connectivity index (χ4n) is 8.96. The summed E-state index contributed by atoms with van der Waals surface area (Å²) in [5.41, 5.74) is 0.586. The number of ketones is 1. The molecule has 0 radical (unpaired) electrons. The number of carbonyl (C=O) groups is 1. The van der Waals surface area contributed by atoms with Gasteiger partial charge in [0, 0.05) is 12.8 Å². The Bertz CT molecular complexity index is 644. The van der Waals surface area contributed by atoms with Crippen molar-refractivity contribution in [1.29, 1.82) is 0 Å². The first-order chi connectivity index (χ1) is 14.1. The maximum absolute atomic E-state index is 12.1. The third kappa shape index (κ3) is 3.60. The highest BCUT2D eigenvalue weighted by Gasteiger charge is 2.62. The molecule has 4 aliphatic rings. The van der Waals surface area contributed by atoms with Gasteiger partial charge in [-0.2, -0.15) is 0 Å². The van der Waals surface area contributed by atoms with Gasteiger partial charge in [0.05, 0.1) is 12.2 Å². The standard InChI is InChI=1S/C27H46O3/c1-16(2)23(29)9-6-17(3)20-7-8-21-25-22(11-13-27(20,21)5)26(4)12-10-19(28)14-18(26)15-24(25)30/h16-18,20-25,29-30H,6-15H2,1-5H3/t17-,18-,20-,21?,22?,23-,24?,25?,26+,27-/m1/s1. The van der Waals surface area contributed by atoms with Crippen LogP contribution in [-0.2, 0) is 4.79 Å². The molecule has 30 heavy (non-hydrogen) atoms. The predicted molar refractivity (Wildman–Crippen MR) is 121 cm³/mol. The van der Waals surface area contributed by atoms with E-state index >= 15 is 0 Å². The Balaban J connectivity index is 1.51. The summed E-state index contributed by atoms with van der Waals surface area (Å²) in [5, 5.41) is 21.6. The van der Waals surface area contributed by atoms with Crippen molar-refractivity contribution in [3.05, 3.63) is 0 Å². The van der Waals surface area contributed by atoms with Gasteiger partial charge in [0.15, 0.2) is 0 Å². The molecule has 3 nitrogen and oxygen atoms in total. The Kier molecular flexibility index (Phi) is 6.21. The largest absolute Gasteiger partial charge is 0.393 e. The molecule has 0 spiro atoms. The lowest BCUT2D eigenvalue weighted by Crippen LogP contribution is -2.58. The lowest BCUT2D eigenvalue weighted by molar-refractivity contribution is -0.169. The topological polar surface area (TPSA) is 57.5 Å². The van der Waals surface area contributed by atoms with E-state index in [4.69, 9.17) is 0 Å². The van der Waals surface area contributed by atoms with Crippen molar-refractivity contribution in [1.82, 2.24) is 0 Å². The molecule has 2 N–H and O–H groups in total. The van der Waals surface area contributed by atoms with Crippen molar-refractivity contribution < 1.29 is 15.0 Å². The van der Waals surface area contributed by atoms with Crippen LogP contribution >= 0.6 is 0 Å². The molecular formula is C27H46O3. The number of hydrogen-bond acceptors (Lipinski definition) is 3. The van der Waals surface area contributed by atoms with Crippen molar-refractivity contribution in [2.75, 3.05) is 0 Å². The van der Waals surface area contributed by atoms with Gasteiger partial charge in [-0.05, 0) is 104 Å². The van der Waals surface area contributed by atoms with E-state index in [1.54, 1.807) is 0 Å². The normalized spacial score (nSPS) is 48.1. The quantitative estimate of drug-likeness (QED) is 0.609. The first-order valence-corrected chi connectivity index (χ1v) is 13.0. The Morgan fingerprint density at radius 1 is 1.00 bits per heavy atom. The van der Waals surface area contributed by atoms with Crippen LogP contribution in [0, 0.1) is 52.3 Å². The first kappa shape index (κ1) is 22.8. The first-order valence-electron chi connectivity index (χ1n) is 13.0. The van der Waals surface area contributed by atoms with E-state index < -0.39 is 0 Å². The average molecular weight is 419 g/mol. The molecule has 0 saturated heterocycles. The van der Waals surface area contributed by atoms with Gasteiger partial charge in [0.25, 0.3) is 0 Å². The van der Waals surface area contributed by atoms with Crippen molar-refractivity contribution in [3.8, 4) is 0 Å². The second kappa shape index (κ2) is 8.18. The van der Waals surface area contributed by atoms with E-state index in [1.807, 2.05) is 0 Å². The summed E-state index contributed by atoms with van der Waals surface area (Å²) in [5.74, 6) is 4.16. The van der Waals surface area contributed by atoms with Crippen molar-refractivity contribution in [2.24, 2.45) is 52.3 Å². The highest BCUT2D eigenvalue weighted by molar-refractivity contribution is 5.79. The van der Waals surface area contributed by atoms with Gasteiger partial charge in [0.1, 0.15) is 5.78 Å². The molecule has 0 heterocycles. The van der Waals surface area contributed by atoms with Crippen LogP contribution in [0.1, 0.15) is 98.8 Å². The van der Waals surface area contributed by atoms with Crippen LogP contribution in [0.5, 0.6) is 0 Å². The molecule has 172 valence electrons. The average Bonchev–Trinajstić information content (AvgIpc) is 3.04. The van der Waals surface area contributed by atoms with Gasteiger partial charge in [-0.1, -0.05) is 34.6 Å². The Hall–Kier alpha value is -0.410. The van der Waals surface area contributed by atoms with Gasteiger partial charge in [-0.3, -0.25) is 4.79 Å². The maximum atomic E-state index is 12.1. The summed E-state index contributed by atoms with van der Waals surface area (Å²) < 4.78 is 0. The van der Waals surface area contributed by atoms with Crippen LogP contribution in [0.15, 0.2) is 0 Å². The molecular weight excluding hydrogens is 372 g/mol.